The summed E-state index contributed by atoms with van der Waals surface area (Å²) in [7, 11) is 0. The van der Waals surface area contributed by atoms with Gasteiger partial charge in [-0.05, 0) is 19.8 Å². The van der Waals surface area contributed by atoms with E-state index in [0.29, 0.717) is 5.82 Å². The molecule has 3 rings (SSSR count). The molecule has 2 aromatic heterocycles. The summed E-state index contributed by atoms with van der Waals surface area (Å²) in [5, 5.41) is 21.9. The second-order valence-electron chi connectivity index (χ2n) is 8.27. The minimum absolute atomic E-state index is 0.0409. The minimum Gasteiger partial charge on any atom is -0.462 e. The SMILES string of the molecule is Cc1nc(N)c2c(C(N)=O)cn([C@@H]3O[C@H](COC(=O)[C@@H](N)C(C)C)[C@@H](O)[C@@]3(C)O)c2n1. The van der Waals surface area contributed by atoms with Gasteiger partial charge in [0.1, 0.15) is 47.7 Å². The number of carbonyl (C=O) groups excluding carboxylic acids is 2. The van der Waals surface area contributed by atoms with E-state index in [0.717, 1.165) is 0 Å². The molecule has 0 aliphatic carbocycles. The Labute approximate surface area is 178 Å². The minimum atomic E-state index is -1.83. The normalized spacial score (nSPS) is 27.0. The van der Waals surface area contributed by atoms with Crippen molar-refractivity contribution in [2.75, 3.05) is 12.3 Å². The lowest BCUT2D eigenvalue weighted by molar-refractivity contribution is -0.152. The lowest BCUT2D eigenvalue weighted by Crippen LogP contribution is -2.45. The van der Waals surface area contributed by atoms with Gasteiger partial charge in [-0.25, -0.2) is 9.97 Å². The van der Waals surface area contributed by atoms with E-state index >= 15 is 0 Å². The third kappa shape index (κ3) is 3.94. The highest BCUT2D eigenvalue weighted by molar-refractivity contribution is 6.08. The van der Waals surface area contributed by atoms with Crippen LogP contribution in [0.2, 0.25) is 0 Å². The van der Waals surface area contributed by atoms with Crippen LogP contribution < -0.4 is 17.2 Å². The average molecular weight is 436 g/mol. The molecular weight excluding hydrogens is 408 g/mol. The highest BCUT2D eigenvalue weighted by Gasteiger charge is 2.54. The van der Waals surface area contributed by atoms with Crippen LogP contribution in [-0.4, -0.2) is 67.1 Å². The molecule has 12 heteroatoms. The summed E-state index contributed by atoms with van der Waals surface area (Å²) in [6, 6.07) is -0.830. The maximum atomic E-state index is 12.1. The molecule has 1 saturated heterocycles. The van der Waals surface area contributed by atoms with Crippen LogP contribution in [0.3, 0.4) is 0 Å². The first-order chi connectivity index (χ1) is 14.4. The number of fused-ring (bicyclic) bond motifs is 1. The van der Waals surface area contributed by atoms with Crippen molar-refractivity contribution in [3.63, 3.8) is 0 Å². The van der Waals surface area contributed by atoms with Crippen LogP contribution in [0.5, 0.6) is 0 Å². The number of amides is 1. The number of aliphatic hydroxyl groups excluding tert-OH is 1. The van der Waals surface area contributed by atoms with Crippen molar-refractivity contribution in [1.29, 1.82) is 0 Å². The Bertz CT molecular complexity index is 1020. The molecule has 5 atom stereocenters. The van der Waals surface area contributed by atoms with Gasteiger partial charge in [0.2, 0.25) is 0 Å². The fraction of sp³-hybridized carbons (Fsp3) is 0.579. The van der Waals surface area contributed by atoms with Gasteiger partial charge in [-0.1, -0.05) is 13.8 Å². The second-order valence-corrected chi connectivity index (χ2v) is 8.27. The third-order valence-electron chi connectivity index (χ3n) is 5.46. The number of hydrogen-bond donors (Lipinski definition) is 5. The molecule has 3 heterocycles. The number of hydrogen-bond acceptors (Lipinski definition) is 10. The molecule has 0 spiro atoms. The largest absolute Gasteiger partial charge is 0.462 e. The predicted octanol–water partition coefficient (Wildman–Crippen LogP) is -1.04. The van der Waals surface area contributed by atoms with E-state index in [2.05, 4.69) is 9.97 Å². The number of aromatic nitrogens is 3. The number of nitrogens with zero attached hydrogens (tertiary/aromatic N) is 3. The van der Waals surface area contributed by atoms with E-state index in [9.17, 15) is 19.8 Å². The molecule has 0 aromatic carbocycles. The van der Waals surface area contributed by atoms with E-state index in [-0.39, 0.29) is 34.9 Å². The van der Waals surface area contributed by atoms with Gasteiger partial charge >= 0.3 is 5.97 Å². The summed E-state index contributed by atoms with van der Waals surface area (Å²) < 4.78 is 12.4. The van der Waals surface area contributed by atoms with Gasteiger partial charge < -0.3 is 41.5 Å². The zero-order valence-corrected chi connectivity index (χ0v) is 17.8. The van der Waals surface area contributed by atoms with Crippen LogP contribution in [0.4, 0.5) is 5.82 Å². The van der Waals surface area contributed by atoms with E-state index in [4.69, 9.17) is 26.7 Å². The number of primary amides is 1. The maximum Gasteiger partial charge on any atom is 0.323 e. The molecule has 2 aromatic rings. The molecule has 1 fully saturated rings. The second kappa shape index (κ2) is 8.04. The zero-order valence-electron chi connectivity index (χ0n) is 17.8. The number of nitrogen functional groups attached to an aromatic ring is 1. The van der Waals surface area contributed by atoms with Gasteiger partial charge in [0, 0.05) is 6.20 Å². The number of aryl methyl sites for hydroxylation is 1. The Morgan fingerprint density at radius 2 is 2.03 bits per heavy atom. The number of esters is 1. The van der Waals surface area contributed by atoms with Crippen LogP contribution in [0, 0.1) is 12.8 Å². The number of rotatable bonds is 6. The smallest absolute Gasteiger partial charge is 0.323 e. The molecule has 0 radical (unpaired) electrons. The van der Waals surface area contributed by atoms with Gasteiger partial charge in [0.15, 0.2) is 6.23 Å². The number of ether oxygens (including phenoxy) is 2. The van der Waals surface area contributed by atoms with Gasteiger partial charge in [0.05, 0.1) is 10.9 Å². The topological polar surface area (TPSA) is 202 Å². The lowest BCUT2D eigenvalue weighted by atomic mass is 9.96. The molecule has 8 N–H and O–H groups in total. The monoisotopic (exact) mass is 436 g/mol. The molecular formula is C19H28N6O6. The van der Waals surface area contributed by atoms with Crippen molar-refractivity contribution in [3.05, 3.63) is 17.6 Å². The van der Waals surface area contributed by atoms with Crippen LogP contribution in [0.25, 0.3) is 11.0 Å². The van der Waals surface area contributed by atoms with E-state index in [1.807, 2.05) is 0 Å². The van der Waals surface area contributed by atoms with Gasteiger partial charge in [0.25, 0.3) is 5.91 Å². The Hall–Kier alpha value is -2.80. The standard InChI is InChI=1S/C19H28N6O6/c1-7(2)12(20)17(28)30-6-10-13(26)19(4,29)18(31-10)25-5-9(15(22)27)11-14(21)23-8(3)24-16(11)25/h5,7,10,12-13,18,26,29H,6,20H2,1-4H3,(H2,22,27)(H2,21,23,24)/t10-,12+,13-,18-,19-/m1/s1. The van der Waals surface area contributed by atoms with E-state index in [1.165, 1.54) is 17.7 Å². The summed E-state index contributed by atoms with van der Waals surface area (Å²) in [5.41, 5.74) is 15.6. The molecule has 12 nitrogen and oxygen atoms in total. The molecule has 0 bridgehead atoms. The van der Waals surface area contributed by atoms with Gasteiger partial charge in [-0.15, -0.1) is 0 Å². The average Bonchev–Trinajstić information content (AvgIpc) is 3.15. The first-order valence-electron chi connectivity index (χ1n) is 9.78. The van der Waals surface area contributed by atoms with Crippen LogP contribution in [0.15, 0.2) is 6.20 Å². The summed E-state index contributed by atoms with van der Waals surface area (Å²) >= 11 is 0. The summed E-state index contributed by atoms with van der Waals surface area (Å²) in [5.74, 6) is -1.18. The van der Waals surface area contributed by atoms with Crippen molar-refractivity contribution in [2.24, 2.45) is 17.4 Å². The zero-order chi connectivity index (χ0) is 23.2. The molecule has 0 unspecified atom stereocenters. The van der Waals surface area contributed by atoms with Crippen molar-refractivity contribution < 1.29 is 29.3 Å². The summed E-state index contributed by atoms with van der Waals surface area (Å²) in [6.07, 6.45) is -2.32. The maximum absolute atomic E-state index is 12.1. The molecule has 1 aliphatic heterocycles. The van der Waals surface area contributed by atoms with Crippen LogP contribution >= 0.6 is 0 Å². The number of carbonyl (C=O) groups is 2. The summed E-state index contributed by atoms with van der Waals surface area (Å²) in [4.78, 5) is 32.4. The fourth-order valence-corrected chi connectivity index (χ4v) is 3.56. The van der Waals surface area contributed by atoms with Crippen molar-refractivity contribution in [2.45, 2.75) is 57.8 Å². The predicted molar refractivity (Wildman–Crippen MR) is 110 cm³/mol. The fourth-order valence-electron chi connectivity index (χ4n) is 3.56. The lowest BCUT2D eigenvalue weighted by Gasteiger charge is -2.27. The van der Waals surface area contributed by atoms with E-state index < -0.39 is 42.0 Å². The van der Waals surface area contributed by atoms with Crippen LogP contribution in [0.1, 0.15) is 43.2 Å². The van der Waals surface area contributed by atoms with Gasteiger partial charge in [-0.3, -0.25) is 9.59 Å². The molecule has 1 amide bonds. The number of nitrogens with two attached hydrogens (primary N) is 3. The number of aliphatic hydroxyl groups is 2. The van der Waals surface area contributed by atoms with Gasteiger partial charge in [-0.2, -0.15) is 0 Å². The molecule has 0 saturated carbocycles. The quantitative estimate of drug-likeness (QED) is 0.348. The first kappa shape index (κ1) is 22.9. The Morgan fingerprint density at radius 3 is 2.61 bits per heavy atom. The summed E-state index contributed by atoms with van der Waals surface area (Å²) in [6.45, 7) is 6.19. The Morgan fingerprint density at radius 1 is 1.39 bits per heavy atom. The van der Waals surface area contributed by atoms with Crippen molar-refractivity contribution in [3.8, 4) is 0 Å². The highest BCUT2D eigenvalue weighted by Crippen LogP contribution is 2.41. The third-order valence-corrected chi connectivity index (χ3v) is 5.46. The molecule has 170 valence electrons. The first-order valence-corrected chi connectivity index (χ1v) is 9.78. The number of anilines is 1. The Balaban J connectivity index is 1.95. The van der Waals surface area contributed by atoms with Crippen molar-refractivity contribution in [1.82, 2.24) is 14.5 Å². The molecule has 1 aliphatic rings. The van der Waals surface area contributed by atoms with Crippen LogP contribution in [-0.2, 0) is 14.3 Å². The van der Waals surface area contributed by atoms with Crippen molar-refractivity contribution >= 4 is 28.7 Å². The highest BCUT2D eigenvalue weighted by atomic mass is 16.6. The Kier molecular flexibility index (Phi) is 5.93. The van der Waals surface area contributed by atoms with E-state index in [1.54, 1.807) is 20.8 Å². The molecule has 31 heavy (non-hydrogen) atoms.